The molecule has 0 aliphatic rings. The van der Waals surface area contributed by atoms with E-state index < -0.39 is 12.1 Å². The highest BCUT2D eigenvalue weighted by molar-refractivity contribution is 5.77. The topological polar surface area (TPSA) is 55.8 Å². The minimum Gasteiger partial charge on any atom is -0.507 e. The van der Waals surface area contributed by atoms with Crippen LogP contribution < -0.4 is 0 Å². The molecule has 0 heterocycles. The molecule has 1 aromatic carbocycles. The number of carbonyl (C=O) groups excluding carboxylic acids is 1. The lowest BCUT2D eigenvalue weighted by Crippen LogP contribution is -2.23. The number of ether oxygens (including phenoxy) is 2. The number of benzene rings is 1. The van der Waals surface area contributed by atoms with Crippen LogP contribution in [0.25, 0.3) is 0 Å². The monoisotopic (exact) mass is 356 g/mol. The Labute approximate surface area is 156 Å². The lowest BCUT2D eigenvalue weighted by atomic mass is 9.78. The molecule has 26 heavy (non-hydrogen) atoms. The number of phenolic OH excluding ortho intramolecular Hbond substituents is 1. The van der Waals surface area contributed by atoms with Crippen LogP contribution >= 0.6 is 0 Å². The highest BCUT2D eigenvalue weighted by Gasteiger charge is 2.31. The molecule has 1 N–H and O–H groups in total. The van der Waals surface area contributed by atoms with Gasteiger partial charge >= 0.3 is 5.97 Å². The van der Waals surface area contributed by atoms with Gasteiger partial charge in [0.05, 0.1) is 0 Å². The molecule has 140 valence electrons. The van der Waals surface area contributed by atoms with Crippen molar-refractivity contribution in [3.63, 3.8) is 0 Å². The summed E-state index contributed by atoms with van der Waals surface area (Å²) >= 11 is 0. The van der Waals surface area contributed by atoms with Crippen LogP contribution in [0.4, 0.5) is 0 Å². The quantitative estimate of drug-likeness (QED) is 0.643. The lowest BCUT2D eigenvalue weighted by Gasteiger charge is -2.29. The molecule has 0 radical (unpaired) electrons. The van der Waals surface area contributed by atoms with Gasteiger partial charge in [-0.3, -0.25) is 0 Å². The van der Waals surface area contributed by atoms with Gasteiger partial charge in [-0.2, -0.15) is 0 Å². The van der Waals surface area contributed by atoms with Gasteiger partial charge in [0.15, 0.2) is 12.7 Å². The average Bonchev–Trinajstić information content (AvgIpc) is 2.51. The number of carbonyl (C=O) groups is 1. The van der Waals surface area contributed by atoms with Gasteiger partial charge in [0.1, 0.15) is 12.4 Å². The molecule has 0 aromatic heterocycles. The van der Waals surface area contributed by atoms with E-state index in [4.69, 9.17) is 22.3 Å². The summed E-state index contributed by atoms with van der Waals surface area (Å²) in [7, 11) is 0. The first-order valence-corrected chi connectivity index (χ1v) is 8.46. The van der Waals surface area contributed by atoms with Gasteiger partial charge in [-0.1, -0.05) is 53.4 Å². The number of phenols is 1. The molecular formula is C22H28O4. The summed E-state index contributed by atoms with van der Waals surface area (Å²) in [6.07, 6.45) is 9.43. The Morgan fingerprint density at radius 1 is 1.04 bits per heavy atom. The lowest BCUT2D eigenvalue weighted by molar-refractivity contribution is -0.155. The minimum absolute atomic E-state index is 0.0492. The highest BCUT2D eigenvalue weighted by Crippen LogP contribution is 2.41. The first-order valence-electron chi connectivity index (χ1n) is 8.46. The van der Waals surface area contributed by atoms with Crippen LogP contribution in [0.3, 0.4) is 0 Å². The smallest absolute Gasteiger partial charge is 0.340 e. The third-order valence-corrected chi connectivity index (χ3v) is 3.90. The molecule has 1 rings (SSSR count). The molecule has 0 fully saturated rings. The second-order valence-electron chi connectivity index (χ2n) is 8.17. The van der Waals surface area contributed by atoms with E-state index in [9.17, 15) is 9.90 Å². The molecule has 0 bridgehead atoms. The number of terminal acetylenes is 2. The zero-order valence-corrected chi connectivity index (χ0v) is 16.5. The van der Waals surface area contributed by atoms with Crippen molar-refractivity contribution in [2.24, 2.45) is 0 Å². The summed E-state index contributed by atoms with van der Waals surface area (Å²) in [5.41, 5.74) is 1.35. The molecule has 0 amide bonds. The molecule has 0 saturated carbocycles. The first kappa shape index (κ1) is 21.6. The summed E-state index contributed by atoms with van der Waals surface area (Å²) in [5.74, 6) is 4.24. The van der Waals surface area contributed by atoms with E-state index >= 15 is 0 Å². The second-order valence-corrected chi connectivity index (χ2v) is 8.17. The maximum Gasteiger partial charge on any atom is 0.340 e. The molecule has 4 heteroatoms. The van der Waals surface area contributed by atoms with Gasteiger partial charge in [0.2, 0.25) is 0 Å². The number of hydrogen-bond acceptors (Lipinski definition) is 4. The maximum atomic E-state index is 12.4. The van der Waals surface area contributed by atoms with Crippen molar-refractivity contribution in [3.05, 3.63) is 28.8 Å². The van der Waals surface area contributed by atoms with Crippen LogP contribution in [0.15, 0.2) is 12.1 Å². The molecule has 0 unspecified atom stereocenters. The van der Waals surface area contributed by atoms with E-state index in [1.54, 1.807) is 12.1 Å². The Hall–Kier alpha value is -2.43. The standard InChI is InChI=1S/C22H28O4/c1-9-11-25-19(20(24)26-12-10-2)15-13-16(21(3,4)5)18(23)17(14-15)22(6,7)8/h1-2,13-14,19,23H,11-12H2,3-8H3/t19-/m1/s1. The van der Waals surface area contributed by atoms with E-state index in [0.717, 1.165) is 11.1 Å². The number of rotatable bonds is 5. The van der Waals surface area contributed by atoms with E-state index in [-0.39, 0.29) is 29.8 Å². The van der Waals surface area contributed by atoms with Crippen molar-refractivity contribution in [3.8, 4) is 30.4 Å². The van der Waals surface area contributed by atoms with Gasteiger partial charge in [-0.05, 0) is 39.7 Å². The summed E-state index contributed by atoms with van der Waals surface area (Å²) in [6, 6.07) is 3.53. The normalized spacial score (nSPS) is 12.8. The van der Waals surface area contributed by atoms with Gasteiger partial charge in [0.25, 0.3) is 0 Å². The van der Waals surface area contributed by atoms with E-state index in [0.29, 0.717) is 5.56 Å². The van der Waals surface area contributed by atoms with Crippen LogP contribution in [0.2, 0.25) is 0 Å². The third-order valence-electron chi connectivity index (χ3n) is 3.90. The van der Waals surface area contributed by atoms with Crippen LogP contribution in [0.1, 0.15) is 64.3 Å². The van der Waals surface area contributed by atoms with Crippen molar-refractivity contribution in [2.45, 2.75) is 58.5 Å². The Kier molecular flexibility index (Phi) is 6.90. The zero-order valence-electron chi connectivity index (χ0n) is 16.5. The Morgan fingerprint density at radius 2 is 1.50 bits per heavy atom. The van der Waals surface area contributed by atoms with Crippen LogP contribution in [0, 0.1) is 24.7 Å². The fourth-order valence-electron chi connectivity index (χ4n) is 2.57. The number of aromatic hydroxyl groups is 1. The average molecular weight is 356 g/mol. The Bertz CT molecular complexity index is 698. The molecule has 0 spiro atoms. The van der Waals surface area contributed by atoms with Crippen molar-refractivity contribution < 1.29 is 19.4 Å². The zero-order chi connectivity index (χ0) is 20.1. The van der Waals surface area contributed by atoms with Crippen molar-refractivity contribution in [1.29, 1.82) is 0 Å². The predicted octanol–water partition coefficient (Wildman–Crippen LogP) is 3.85. The minimum atomic E-state index is -1.01. The van der Waals surface area contributed by atoms with Crippen molar-refractivity contribution in [2.75, 3.05) is 13.2 Å². The fourth-order valence-corrected chi connectivity index (χ4v) is 2.57. The van der Waals surface area contributed by atoms with Crippen molar-refractivity contribution >= 4 is 5.97 Å². The summed E-state index contributed by atoms with van der Waals surface area (Å²) in [5, 5.41) is 10.8. The van der Waals surface area contributed by atoms with E-state index in [1.165, 1.54) is 0 Å². The molecule has 0 saturated heterocycles. The van der Waals surface area contributed by atoms with Gasteiger partial charge < -0.3 is 14.6 Å². The first-order chi connectivity index (χ1) is 11.9. The Balaban J connectivity index is 3.57. The number of esters is 1. The molecular weight excluding hydrogens is 328 g/mol. The fraction of sp³-hybridized carbons (Fsp3) is 0.500. The van der Waals surface area contributed by atoms with Gasteiger partial charge in [0, 0.05) is 0 Å². The maximum absolute atomic E-state index is 12.4. The molecule has 1 atom stereocenters. The van der Waals surface area contributed by atoms with Gasteiger partial charge in [-0.25, -0.2) is 4.79 Å². The molecule has 4 nitrogen and oxygen atoms in total. The largest absolute Gasteiger partial charge is 0.507 e. The highest BCUT2D eigenvalue weighted by atomic mass is 16.6. The van der Waals surface area contributed by atoms with Crippen LogP contribution in [0.5, 0.6) is 5.75 Å². The molecule has 0 aliphatic heterocycles. The van der Waals surface area contributed by atoms with Crippen LogP contribution in [-0.4, -0.2) is 24.3 Å². The molecule has 0 aliphatic carbocycles. The summed E-state index contributed by atoms with van der Waals surface area (Å²) in [6.45, 7) is 11.8. The predicted molar refractivity (Wildman–Crippen MR) is 103 cm³/mol. The van der Waals surface area contributed by atoms with E-state index in [2.05, 4.69) is 11.8 Å². The van der Waals surface area contributed by atoms with E-state index in [1.807, 2.05) is 41.5 Å². The number of hydrogen-bond donors (Lipinski definition) is 1. The van der Waals surface area contributed by atoms with Gasteiger partial charge in [-0.15, -0.1) is 12.8 Å². The van der Waals surface area contributed by atoms with Crippen molar-refractivity contribution in [1.82, 2.24) is 0 Å². The SMILES string of the molecule is C#CCOC(=O)[C@H](OCC#C)c1cc(C(C)(C)C)c(O)c(C(C)(C)C)c1. The summed E-state index contributed by atoms with van der Waals surface area (Å²) in [4.78, 5) is 12.4. The third kappa shape index (κ3) is 5.28. The van der Waals surface area contributed by atoms with Crippen LogP contribution in [-0.2, 0) is 25.1 Å². The summed E-state index contributed by atoms with van der Waals surface area (Å²) < 4.78 is 10.6. The second kappa shape index (κ2) is 8.30. The molecule has 1 aromatic rings. The Morgan fingerprint density at radius 3 is 1.88 bits per heavy atom.